The molecule has 1 aromatic heterocycles. The molecule has 7 nitrogen and oxygen atoms in total. The van der Waals surface area contributed by atoms with E-state index < -0.39 is 11.9 Å². The number of anilines is 1. The molecule has 1 fully saturated rings. The lowest BCUT2D eigenvalue weighted by Gasteiger charge is -2.07. The Kier molecular flexibility index (Phi) is 4.18. The van der Waals surface area contributed by atoms with Crippen molar-refractivity contribution >= 4 is 40.5 Å². The SMILES string of the molecule is O=C(Cn1cc(/C=C2/NC(=O)NC2=O)c2ccccc21)Nc1ccccc1. The van der Waals surface area contributed by atoms with Gasteiger partial charge in [0.2, 0.25) is 5.91 Å². The van der Waals surface area contributed by atoms with Crippen LogP contribution in [0.1, 0.15) is 5.56 Å². The Labute approximate surface area is 154 Å². The van der Waals surface area contributed by atoms with Crippen LogP contribution in [0, 0.1) is 0 Å². The number of aromatic nitrogens is 1. The molecule has 0 spiro atoms. The molecular weight excluding hydrogens is 344 g/mol. The summed E-state index contributed by atoms with van der Waals surface area (Å²) in [5, 5.41) is 8.38. The van der Waals surface area contributed by atoms with Gasteiger partial charge in [-0.05, 0) is 24.3 Å². The summed E-state index contributed by atoms with van der Waals surface area (Å²) >= 11 is 0. The molecule has 0 atom stereocenters. The van der Waals surface area contributed by atoms with E-state index in [-0.39, 0.29) is 18.1 Å². The van der Waals surface area contributed by atoms with Crippen LogP contribution in [0.2, 0.25) is 0 Å². The molecular formula is C20H16N4O3. The van der Waals surface area contributed by atoms with Crippen molar-refractivity contribution in [1.82, 2.24) is 15.2 Å². The van der Waals surface area contributed by atoms with Crippen LogP contribution in [-0.2, 0) is 16.1 Å². The largest absolute Gasteiger partial charge is 0.337 e. The first-order valence-corrected chi connectivity index (χ1v) is 8.37. The van der Waals surface area contributed by atoms with E-state index in [0.717, 1.165) is 22.2 Å². The highest BCUT2D eigenvalue weighted by Gasteiger charge is 2.23. The first-order valence-electron chi connectivity index (χ1n) is 8.37. The van der Waals surface area contributed by atoms with E-state index in [2.05, 4.69) is 16.0 Å². The topological polar surface area (TPSA) is 92.2 Å². The second-order valence-electron chi connectivity index (χ2n) is 6.11. The standard InChI is InChI=1S/C20H16N4O3/c25-18(21-14-6-2-1-3-7-14)12-24-11-13(15-8-4-5-9-17(15)24)10-16-19(26)23-20(27)22-16/h1-11H,12H2,(H,21,25)(H2,22,23,26,27)/b16-10+. The molecule has 0 unspecified atom stereocenters. The molecule has 4 rings (SSSR count). The molecule has 1 aliphatic rings. The number of imide groups is 1. The molecule has 0 radical (unpaired) electrons. The van der Waals surface area contributed by atoms with Gasteiger partial charge in [-0.3, -0.25) is 14.9 Å². The number of rotatable bonds is 4. The van der Waals surface area contributed by atoms with Gasteiger partial charge in [0.25, 0.3) is 5.91 Å². The lowest BCUT2D eigenvalue weighted by atomic mass is 10.1. The highest BCUT2D eigenvalue weighted by molar-refractivity contribution is 6.14. The minimum absolute atomic E-state index is 0.122. The van der Waals surface area contributed by atoms with E-state index in [9.17, 15) is 14.4 Å². The molecule has 27 heavy (non-hydrogen) atoms. The van der Waals surface area contributed by atoms with Gasteiger partial charge in [0.15, 0.2) is 0 Å². The fraction of sp³-hybridized carbons (Fsp3) is 0.0500. The smallest absolute Gasteiger partial charge is 0.326 e. The molecule has 2 heterocycles. The van der Waals surface area contributed by atoms with Crippen molar-refractivity contribution in [3.8, 4) is 0 Å². The maximum absolute atomic E-state index is 12.4. The van der Waals surface area contributed by atoms with Crippen LogP contribution in [0.5, 0.6) is 0 Å². The van der Waals surface area contributed by atoms with Crippen molar-refractivity contribution in [3.05, 3.63) is 72.1 Å². The number of carbonyl (C=O) groups excluding carboxylic acids is 3. The summed E-state index contributed by atoms with van der Waals surface area (Å²) in [5.41, 5.74) is 2.51. The third kappa shape index (κ3) is 3.43. The molecule has 0 aliphatic carbocycles. The molecule has 2 aromatic carbocycles. The Morgan fingerprint density at radius 1 is 1.00 bits per heavy atom. The van der Waals surface area contributed by atoms with Gasteiger partial charge in [-0.25, -0.2) is 4.79 Å². The number of fused-ring (bicyclic) bond motifs is 1. The monoisotopic (exact) mass is 360 g/mol. The molecule has 0 saturated carbocycles. The zero-order valence-corrected chi connectivity index (χ0v) is 14.2. The van der Waals surface area contributed by atoms with Crippen LogP contribution < -0.4 is 16.0 Å². The molecule has 4 amide bonds. The maximum Gasteiger partial charge on any atom is 0.326 e. The number of nitrogens with one attached hydrogen (secondary N) is 3. The van der Waals surface area contributed by atoms with Gasteiger partial charge in [-0.15, -0.1) is 0 Å². The summed E-state index contributed by atoms with van der Waals surface area (Å²) in [6, 6.07) is 16.3. The van der Waals surface area contributed by atoms with Gasteiger partial charge >= 0.3 is 6.03 Å². The van der Waals surface area contributed by atoms with E-state index in [1.54, 1.807) is 12.3 Å². The van der Waals surface area contributed by atoms with E-state index in [4.69, 9.17) is 0 Å². The lowest BCUT2D eigenvalue weighted by Crippen LogP contribution is -2.22. The van der Waals surface area contributed by atoms with Crippen LogP contribution in [0.4, 0.5) is 10.5 Å². The summed E-state index contributed by atoms with van der Waals surface area (Å²) in [5.74, 6) is -0.633. The van der Waals surface area contributed by atoms with Gasteiger partial charge in [0.05, 0.1) is 0 Å². The Bertz CT molecular complexity index is 1080. The molecule has 1 aliphatic heterocycles. The zero-order chi connectivity index (χ0) is 18.8. The summed E-state index contributed by atoms with van der Waals surface area (Å²) in [4.78, 5) is 35.5. The van der Waals surface area contributed by atoms with Gasteiger partial charge in [-0.1, -0.05) is 36.4 Å². The van der Waals surface area contributed by atoms with E-state index >= 15 is 0 Å². The number of amides is 4. The third-order valence-electron chi connectivity index (χ3n) is 4.21. The predicted molar refractivity (Wildman–Crippen MR) is 102 cm³/mol. The maximum atomic E-state index is 12.4. The molecule has 3 aromatic rings. The molecule has 7 heteroatoms. The van der Waals surface area contributed by atoms with Crippen molar-refractivity contribution in [2.24, 2.45) is 0 Å². The predicted octanol–water partition coefficient (Wildman–Crippen LogP) is 2.46. The van der Waals surface area contributed by atoms with Crippen LogP contribution in [0.3, 0.4) is 0 Å². The number of nitrogens with zero attached hydrogens (tertiary/aromatic N) is 1. The minimum atomic E-state index is -0.544. The third-order valence-corrected chi connectivity index (χ3v) is 4.21. The zero-order valence-electron chi connectivity index (χ0n) is 14.2. The van der Waals surface area contributed by atoms with E-state index in [1.807, 2.05) is 59.2 Å². The lowest BCUT2D eigenvalue weighted by molar-refractivity contribution is -0.117. The minimum Gasteiger partial charge on any atom is -0.337 e. The number of carbonyl (C=O) groups is 3. The number of urea groups is 1. The number of benzene rings is 2. The summed E-state index contributed by atoms with van der Waals surface area (Å²) in [6.45, 7) is 0.122. The molecule has 1 saturated heterocycles. The number of hydrogen-bond acceptors (Lipinski definition) is 3. The fourth-order valence-electron chi connectivity index (χ4n) is 3.04. The van der Waals surface area contributed by atoms with Crippen molar-refractivity contribution in [2.75, 3.05) is 5.32 Å². The molecule has 0 bridgehead atoms. The highest BCUT2D eigenvalue weighted by atomic mass is 16.2. The molecule has 134 valence electrons. The van der Waals surface area contributed by atoms with Crippen LogP contribution in [0.25, 0.3) is 17.0 Å². The van der Waals surface area contributed by atoms with E-state index in [1.165, 1.54) is 0 Å². The normalized spacial score (nSPS) is 15.0. The van der Waals surface area contributed by atoms with Crippen molar-refractivity contribution in [2.45, 2.75) is 6.54 Å². The Morgan fingerprint density at radius 3 is 2.48 bits per heavy atom. The highest BCUT2D eigenvalue weighted by Crippen LogP contribution is 2.24. The Balaban J connectivity index is 1.64. The Hall–Kier alpha value is -3.87. The van der Waals surface area contributed by atoms with Crippen LogP contribution in [0.15, 0.2) is 66.5 Å². The second-order valence-corrected chi connectivity index (χ2v) is 6.11. The first kappa shape index (κ1) is 16.6. The summed E-state index contributed by atoms with van der Waals surface area (Å²) in [7, 11) is 0. The number of hydrogen-bond donors (Lipinski definition) is 3. The van der Waals surface area contributed by atoms with Crippen molar-refractivity contribution in [1.29, 1.82) is 0 Å². The van der Waals surface area contributed by atoms with Gasteiger partial charge < -0.3 is 15.2 Å². The van der Waals surface area contributed by atoms with Gasteiger partial charge in [-0.2, -0.15) is 0 Å². The Morgan fingerprint density at radius 2 is 1.74 bits per heavy atom. The van der Waals surface area contributed by atoms with E-state index in [0.29, 0.717) is 0 Å². The van der Waals surface area contributed by atoms with Crippen LogP contribution >= 0.6 is 0 Å². The summed E-state index contributed by atoms with van der Waals surface area (Å²) < 4.78 is 1.81. The quantitative estimate of drug-likeness (QED) is 0.493. The summed E-state index contributed by atoms with van der Waals surface area (Å²) in [6.07, 6.45) is 3.40. The first-order chi connectivity index (χ1) is 13.1. The number of para-hydroxylation sites is 2. The van der Waals surface area contributed by atoms with Crippen LogP contribution in [-0.4, -0.2) is 22.4 Å². The van der Waals surface area contributed by atoms with Crippen molar-refractivity contribution in [3.63, 3.8) is 0 Å². The average Bonchev–Trinajstić information content (AvgIpc) is 3.16. The van der Waals surface area contributed by atoms with Gasteiger partial charge in [0, 0.05) is 28.4 Å². The second kappa shape index (κ2) is 6.80. The van der Waals surface area contributed by atoms with Crippen molar-refractivity contribution < 1.29 is 14.4 Å². The van der Waals surface area contributed by atoms with Gasteiger partial charge in [0.1, 0.15) is 12.2 Å². The fourth-order valence-corrected chi connectivity index (χ4v) is 3.04. The average molecular weight is 360 g/mol. The molecule has 3 N–H and O–H groups in total.